The highest BCUT2D eigenvalue weighted by molar-refractivity contribution is 6.35. The highest BCUT2D eigenvalue weighted by Crippen LogP contribution is 2.30. The third-order valence-corrected chi connectivity index (χ3v) is 3.88. The molecule has 130 valence electrons. The molecule has 0 aromatic heterocycles. The van der Waals surface area contributed by atoms with Crippen LogP contribution in [0.25, 0.3) is 0 Å². The monoisotopic (exact) mass is 360 g/mol. The van der Waals surface area contributed by atoms with Gasteiger partial charge in [-0.1, -0.05) is 35.9 Å². The predicted octanol–water partition coefficient (Wildman–Crippen LogP) is 1.91. The molecular weight excluding hydrogens is 344 g/mol. The Labute approximate surface area is 150 Å². The Bertz CT molecular complexity index is 764. The second kappa shape index (κ2) is 7.90. The van der Waals surface area contributed by atoms with Gasteiger partial charge in [0.25, 0.3) is 0 Å². The molecular formula is C18H17ClN2O4. The van der Waals surface area contributed by atoms with E-state index in [-0.39, 0.29) is 19.2 Å². The number of rotatable bonds is 4. The highest BCUT2D eigenvalue weighted by Gasteiger charge is 2.22. The summed E-state index contributed by atoms with van der Waals surface area (Å²) in [4.78, 5) is 23.7. The minimum Gasteiger partial charge on any atom is -0.486 e. The maximum Gasteiger partial charge on any atom is 0.309 e. The topological polar surface area (TPSA) is 76.7 Å². The van der Waals surface area contributed by atoms with Gasteiger partial charge in [0.05, 0.1) is 6.54 Å². The van der Waals surface area contributed by atoms with Crippen LogP contribution in [-0.2, 0) is 16.1 Å². The fourth-order valence-electron chi connectivity index (χ4n) is 2.32. The van der Waals surface area contributed by atoms with Gasteiger partial charge in [0.1, 0.15) is 12.7 Å². The zero-order valence-corrected chi connectivity index (χ0v) is 14.1. The Morgan fingerprint density at radius 3 is 2.44 bits per heavy atom. The standard InChI is InChI=1S/C18H17ClN2O4/c19-13-7-5-12(6-8-13)9-20-17(22)18(23)21-10-14-11-24-15-3-1-2-4-16(15)25-14/h1-8,14H,9-11H2,(H,20,22)(H,21,23). The second-order valence-electron chi connectivity index (χ2n) is 5.52. The van der Waals surface area contributed by atoms with Gasteiger partial charge in [0.2, 0.25) is 0 Å². The van der Waals surface area contributed by atoms with E-state index in [9.17, 15) is 9.59 Å². The van der Waals surface area contributed by atoms with E-state index in [1.807, 2.05) is 18.2 Å². The Hall–Kier alpha value is -2.73. The van der Waals surface area contributed by atoms with Crippen LogP contribution in [0, 0.1) is 0 Å². The van der Waals surface area contributed by atoms with Crippen molar-refractivity contribution in [1.29, 1.82) is 0 Å². The first-order chi connectivity index (χ1) is 12.1. The van der Waals surface area contributed by atoms with Crippen molar-refractivity contribution >= 4 is 23.4 Å². The first kappa shape index (κ1) is 17.1. The van der Waals surface area contributed by atoms with Crippen molar-refractivity contribution in [3.05, 3.63) is 59.1 Å². The van der Waals surface area contributed by atoms with Gasteiger partial charge in [-0.25, -0.2) is 0 Å². The van der Waals surface area contributed by atoms with Gasteiger partial charge in [-0.3, -0.25) is 9.59 Å². The molecule has 1 aliphatic heterocycles. The minimum absolute atomic E-state index is 0.182. The van der Waals surface area contributed by atoms with Crippen molar-refractivity contribution in [2.24, 2.45) is 0 Å². The number of halogens is 1. The molecule has 1 heterocycles. The number of fused-ring (bicyclic) bond motifs is 1. The number of nitrogens with one attached hydrogen (secondary N) is 2. The number of para-hydroxylation sites is 2. The van der Waals surface area contributed by atoms with Crippen LogP contribution in [0.15, 0.2) is 48.5 Å². The van der Waals surface area contributed by atoms with Gasteiger partial charge in [-0.15, -0.1) is 0 Å². The number of ether oxygens (including phenoxy) is 2. The van der Waals surface area contributed by atoms with Gasteiger partial charge in [0, 0.05) is 11.6 Å². The molecule has 0 aliphatic carbocycles. The van der Waals surface area contributed by atoms with Crippen LogP contribution in [0.2, 0.25) is 5.02 Å². The lowest BCUT2D eigenvalue weighted by Crippen LogP contribution is -2.45. The van der Waals surface area contributed by atoms with Crippen molar-refractivity contribution in [2.45, 2.75) is 12.6 Å². The molecule has 2 amide bonds. The van der Waals surface area contributed by atoms with Crippen LogP contribution in [0.1, 0.15) is 5.56 Å². The van der Waals surface area contributed by atoms with Gasteiger partial charge in [-0.2, -0.15) is 0 Å². The quantitative estimate of drug-likeness (QED) is 0.817. The van der Waals surface area contributed by atoms with Crippen LogP contribution in [0.3, 0.4) is 0 Å². The summed E-state index contributed by atoms with van der Waals surface area (Å²) in [6.07, 6.45) is -0.345. The van der Waals surface area contributed by atoms with Gasteiger partial charge in [0.15, 0.2) is 11.5 Å². The molecule has 3 rings (SSSR count). The van der Waals surface area contributed by atoms with E-state index in [4.69, 9.17) is 21.1 Å². The predicted molar refractivity (Wildman–Crippen MR) is 92.7 cm³/mol. The largest absolute Gasteiger partial charge is 0.486 e. The summed E-state index contributed by atoms with van der Waals surface area (Å²) in [5.74, 6) is -0.116. The molecule has 7 heteroatoms. The molecule has 2 aromatic carbocycles. The number of carbonyl (C=O) groups excluding carboxylic acids is 2. The van der Waals surface area contributed by atoms with E-state index in [0.717, 1.165) is 5.56 Å². The summed E-state index contributed by atoms with van der Waals surface area (Å²) in [5.41, 5.74) is 0.853. The summed E-state index contributed by atoms with van der Waals surface area (Å²) < 4.78 is 11.3. The van der Waals surface area contributed by atoms with E-state index >= 15 is 0 Å². The molecule has 0 spiro atoms. The summed E-state index contributed by atoms with van der Waals surface area (Å²) in [5, 5.41) is 5.72. The second-order valence-corrected chi connectivity index (χ2v) is 5.95. The van der Waals surface area contributed by atoms with Crippen LogP contribution < -0.4 is 20.1 Å². The summed E-state index contributed by atoms with van der Waals surface area (Å²) in [7, 11) is 0. The molecule has 0 saturated heterocycles. The van der Waals surface area contributed by atoms with Crippen LogP contribution in [0.4, 0.5) is 0 Å². The minimum atomic E-state index is -0.712. The SMILES string of the molecule is O=C(NCc1ccc(Cl)cc1)C(=O)NCC1COc2ccccc2O1. The lowest BCUT2D eigenvalue weighted by atomic mass is 10.2. The first-order valence-corrected chi connectivity index (χ1v) is 8.18. The van der Waals surface area contributed by atoms with Gasteiger partial charge in [-0.05, 0) is 29.8 Å². The number of benzene rings is 2. The molecule has 25 heavy (non-hydrogen) atoms. The van der Waals surface area contributed by atoms with Crippen molar-refractivity contribution in [3.63, 3.8) is 0 Å². The molecule has 0 fully saturated rings. The molecule has 0 saturated carbocycles. The van der Waals surface area contributed by atoms with Crippen LogP contribution in [-0.4, -0.2) is 31.1 Å². The lowest BCUT2D eigenvalue weighted by Gasteiger charge is -2.26. The lowest BCUT2D eigenvalue weighted by molar-refractivity contribution is -0.139. The normalized spacial score (nSPS) is 15.3. The average molecular weight is 361 g/mol. The van der Waals surface area contributed by atoms with Gasteiger partial charge < -0.3 is 20.1 Å². The van der Waals surface area contributed by atoms with E-state index in [0.29, 0.717) is 23.1 Å². The fourth-order valence-corrected chi connectivity index (χ4v) is 2.44. The van der Waals surface area contributed by atoms with E-state index < -0.39 is 11.8 Å². The fraction of sp³-hybridized carbons (Fsp3) is 0.222. The Balaban J connectivity index is 1.43. The van der Waals surface area contributed by atoms with Crippen molar-refractivity contribution in [3.8, 4) is 11.5 Å². The van der Waals surface area contributed by atoms with Gasteiger partial charge >= 0.3 is 11.8 Å². The Morgan fingerprint density at radius 1 is 1.00 bits per heavy atom. The molecule has 1 atom stereocenters. The van der Waals surface area contributed by atoms with E-state index in [2.05, 4.69) is 10.6 Å². The number of hydrogen-bond donors (Lipinski definition) is 2. The summed E-state index contributed by atoms with van der Waals surface area (Å²) >= 11 is 5.80. The number of amides is 2. The van der Waals surface area contributed by atoms with E-state index in [1.54, 1.807) is 30.3 Å². The molecule has 0 bridgehead atoms. The van der Waals surface area contributed by atoms with Crippen molar-refractivity contribution < 1.29 is 19.1 Å². The zero-order valence-electron chi connectivity index (χ0n) is 13.3. The third-order valence-electron chi connectivity index (χ3n) is 3.63. The van der Waals surface area contributed by atoms with Crippen LogP contribution >= 0.6 is 11.6 Å². The molecule has 6 nitrogen and oxygen atoms in total. The van der Waals surface area contributed by atoms with Crippen molar-refractivity contribution in [2.75, 3.05) is 13.2 Å². The van der Waals surface area contributed by atoms with Crippen molar-refractivity contribution in [1.82, 2.24) is 10.6 Å². The molecule has 1 unspecified atom stereocenters. The Morgan fingerprint density at radius 2 is 1.68 bits per heavy atom. The first-order valence-electron chi connectivity index (χ1n) is 7.81. The van der Waals surface area contributed by atoms with Crippen LogP contribution in [0.5, 0.6) is 11.5 Å². The molecule has 0 radical (unpaired) electrons. The maximum absolute atomic E-state index is 11.9. The maximum atomic E-state index is 11.9. The van der Waals surface area contributed by atoms with E-state index in [1.165, 1.54) is 0 Å². The highest BCUT2D eigenvalue weighted by atomic mass is 35.5. The molecule has 2 N–H and O–H groups in total. The summed E-state index contributed by atoms with van der Waals surface area (Å²) in [6.45, 7) is 0.741. The molecule has 2 aromatic rings. The summed E-state index contributed by atoms with van der Waals surface area (Å²) in [6, 6.07) is 14.3. The number of carbonyl (C=O) groups is 2. The average Bonchev–Trinajstić information content (AvgIpc) is 2.65. The number of hydrogen-bond acceptors (Lipinski definition) is 4. The third kappa shape index (κ3) is 4.64. The molecule has 1 aliphatic rings. The Kier molecular flexibility index (Phi) is 5.40. The smallest absolute Gasteiger partial charge is 0.309 e. The zero-order chi connectivity index (χ0) is 17.6.